The first-order valence-electron chi connectivity index (χ1n) is 5.97. The third-order valence-electron chi connectivity index (χ3n) is 3.37. The highest BCUT2D eigenvalue weighted by atomic mass is 16.5. The summed E-state index contributed by atoms with van der Waals surface area (Å²) in [4.78, 5) is 0. The van der Waals surface area contributed by atoms with Crippen LogP contribution in [-0.4, -0.2) is 37.0 Å². The van der Waals surface area contributed by atoms with Crippen molar-refractivity contribution in [1.82, 2.24) is 5.32 Å². The molecule has 3 atom stereocenters. The highest BCUT2D eigenvalue weighted by Crippen LogP contribution is 2.27. The Balaban J connectivity index is 2.43. The van der Waals surface area contributed by atoms with Gasteiger partial charge in [-0.25, -0.2) is 0 Å². The lowest BCUT2D eigenvalue weighted by Crippen LogP contribution is -2.51. The molecule has 2 N–H and O–H groups in total. The van der Waals surface area contributed by atoms with Crippen molar-refractivity contribution in [3.8, 4) is 0 Å². The van der Waals surface area contributed by atoms with Crippen LogP contribution in [0.5, 0.6) is 0 Å². The molecule has 1 aliphatic carbocycles. The van der Waals surface area contributed by atoms with Crippen molar-refractivity contribution in [2.24, 2.45) is 5.92 Å². The molecule has 1 aliphatic rings. The van der Waals surface area contributed by atoms with Crippen molar-refractivity contribution < 1.29 is 9.84 Å². The Morgan fingerprint density at radius 3 is 2.67 bits per heavy atom. The van der Waals surface area contributed by atoms with Gasteiger partial charge in [0.1, 0.15) is 0 Å². The molecular weight excluding hydrogens is 190 g/mol. The van der Waals surface area contributed by atoms with Gasteiger partial charge in [0.25, 0.3) is 0 Å². The van der Waals surface area contributed by atoms with E-state index in [4.69, 9.17) is 9.84 Å². The number of aliphatic hydroxyl groups is 1. The van der Waals surface area contributed by atoms with Crippen LogP contribution < -0.4 is 5.32 Å². The summed E-state index contributed by atoms with van der Waals surface area (Å²) >= 11 is 0. The van der Waals surface area contributed by atoms with Gasteiger partial charge in [0.05, 0.1) is 6.61 Å². The van der Waals surface area contributed by atoms with E-state index in [1.165, 1.54) is 19.3 Å². The fourth-order valence-electron chi connectivity index (χ4n) is 2.58. The van der Waals surface area contributed by atoms with E-state index in [1.807, 2.05) is 0 Å². The van der Waals surface area contributed by atoms with E-state index < -0.39 is 0 Å². The fourth-order valence-corrected chi connectivity index (χ4v) is 2.58. The van der Waals surface area contributed by atoms with Crippen LogP contribution in [-0.2, 0) is 4.74 Å². The summed E-state index contributed by atoms with van der Waals surface area (Å²) in [5.41, 5.74) is -0.0712. The standard InChI is InChI=1S/C12H25NO2/c1-10-4-5-11(8-10)13-12(2,6-7-14)9-15-3/h10-11,13-14H,4-9H2,1-3H3. The van der Waals surface area contributed by atoms with Gasteiger partial charge in [-0.1, -0.05) is 6.92 Å². The number of nitrogens with one attached hydrogen (secondary N) is 1. The Hall–Kier alpha value is -0.120. The highest BCUT2D eigenvalue weighted by molar-refractivity contribution is 4.89. The average molecular weight is 215 g/mol. The molecule has 0 heterocycles. The summed E-state index contributed by atoms with van der Waals surface area (Å²) in [6, 6.07) is 0.603. The molecule has 1 fully saturated rings. The van der Waals surface area contributed by atoms with Crippen LogP contribution in [0.25, 0.3) is 0 Å². The summed E-state index contributed by atoms with van der Waals surface area (Å²) in [6.07, 6.45) is 4.59. The molecule has 3 unspecified atom stereocenters. The first-order chi connectivity index (χ1) is 7.09. The van der Waals surface area contributed by atoms with Gasteiger partial charge in [-0.15, -0.1) is 0 Å². The SMILES string of the molecule is COCC(C)(CCO)NC1CCC(C)C1. The maximum atomic E-state index is 9.06. The van der Waals surface area contributed by atoms with Crippen LogP contribution in [0.15, 0.2) is 0 Å². The van der Waals surface area contributed by atoms with Gasteiger partial charge >= 0.3 is 0 Å². The van der Waals surface area contributed by atoms with E-state index in [0.29, 0.717) is 12.6 Å². The molecule has 0 amide bonds. The molecule has 0 aromatic carbocycles. The van der Waals surface area contributed by atoms with Crippen LogP contribution >= 0.6 is 0 Å². The Bertz CT molecular complexity index is 178. The van der Waals surface area contributed by atoms with Crippen molar-refractivity contribution in [1.29, 1.82) is 0 Å². The second kappa shape index (κ2) is 5.83. The number of hydrogen-bond donors (Lipinski definition) is 2. The van der Waals surface area contributed by atoms with Gasteiger partial charge in [0.15, 0.2) is 0 Å². The minimum atomic E-state index is -0.0712. The summed E-state index contributed by atoms with van der Waals surface area (Å²) < 4.78 is 5.22. The molecule has 1 rings (SSSR count). The Morgan fingerprint density at radius 2 is 2.20 bits per heavy atom. The zero-order chi connectivity index (χ0) is 11.3. The second-order valence-corrected chi connectivity index (χ2v) is 5.23. The largest absolute Gasteiger partial charge is 0.396 e. The predicted molar refractivity (Wildman–Crippen MR) is 61.9 cm³/mol. The Kier molecular flexibility index (Phi) is 5.03. The molecule has 0 bridgehead atoms. The quantitative estimate of drug-likeness (QED) is 0.706. The minimum absolute atomic E-state index is 0.0712. The number of hydrogen-bond acceptors (Lipinski definition) is 3. The number of rotatable bonds is 6. The second-order valence-electron chi connectivity index (χ2n) is 5.23. The van der Waals surface area contributed by atoms with Gasteiger partial charge in [0.2, 0.25) is 0 Å². The third-order valence-corrected chi connectivity index (χ3v) is 3.37. The fraction of sp³-hybridized carbons (Fsp3) is 1.00. The van der Waals surface area contributed by atoms with E-state index in [-0.39, 0.29) is 12.1 Å². The molecular formula is C12H25NO2. The van der Waals surface area contributed by atoms with Gasteiger partial charge < -0.3 is 15.2 Å². The zero-order valence-corrected chi connectivity index (χ0v) is 10.3. The monoisotopic (exact) mass is 215 g/mol. The van der Waals surface area contributed by atoms with Crippen LogP contribution in [0.3, 0.4) is 0 Å². The Morgan fingerprint density at radius 1 is 1.47 bits per heavy atom. The lowest BCUT2D eigenvalue weighted by molar-refractivity contribution is 0.0899. The molecule has 0 aliphatic heterocycles. The molecule has 1 saturated carbocycles. The molecule has 0 radical (unpaired) electrons. The molecule has 15 heavy (non-hydrogen) atoms. The average Bonchev–Trinajstić information content (AvgIpc) is 2.51. The van der Waals surface area contributed by atoms with E-state index in [0.717, 1.165) is 12.3 Å². The highest BCUT2D eigenvalue weighted by Gasteiger charge is 2.30. The van der Waals surface area contributed by atoms with Crippen molar-refractivity contribution >= 4 is 0 Å². The van der Waals surface area contributed by atoms with E-state index >= 15 is 0 Å². The molecule has 3 heteroatoms. The van der Waals surface area contributed by atoms with E-state index in [2.05, 4.69) is 19.2 Å². The van der Waals surface area contributed by atoms with Crippen LogP contribution in [0.1, 0.15) is 39.5 Å². The van der Waals surface area contributed by atoms with Crippen LogP contribution in [0, 0.1) is 5.92 Å². The number of methoxy groups -OCH3 is 1. The lowest BCUT2D eigenvalue weighted by Gasteiger charge is -2.33. The van der Waals surface area contributed by atoms with Gasteiger partial charge in [-0.3, -0.25) is 0 Å². The van der Waals surface area contributed by atoms with E-state index in [1.54, 1.807) is 7.11 Å². The van der Waals surface area contributed by atoms with Gasteiger partial charge in [-0.2, -0.15) is 0 Å². The summed E-state index contributed by atoms with van der Waals surface area (Å²) in [5, 5.41) is 12.7. The molecule has 0 saturated heterocycles. The van der Waals surface area contributed by atoms with Crippen LogP contribution in [0.4, 0.5) is 0 Å². The zero-order valence-electron chi connectivity index (χ0n) is 10.3. The van der Waals surface area contributed by atoms with Gasteiger partial charge in [0, 0.05) is 25.3 Å². The smallest absolute Gasteiger partial charge is 0.0642 e. The van der Waals surface area contributed by atoms with E-state index in [9.17, 15) is 0 Å². The maximum Gasteiger partial charge on any atom is 0.0642 e. The van der Waals surface area contributed by atoms with Crippen molar-refractivity contribution in [2.45, 2.75) is 51.1 Å². The number of ether oxygens (including phenoxy) is 1. The van der Waals surface area contributed by atoms with Gasteiger partial charge in [-0.05, 0) is 38.5 Å². The molecule has 90 valence electrons. The lowest BCUT2D eigenvalue weighted by atomic mass is 9.97. The summed E-state index contributed by atoms with van der Waals surface area (Å²) in [5.74, 6) is 0.837. The van der Waals surface area contributed by atoms with Crippen LogP contribution in [0.2, 0.25) is 0 Å². The molecule has 0 spiro atoms. The van der Waals surface area contributed by atoms with Crippen molar-refractivity contribution in [3.63, 3.8) is 0 Å². The summed E-state index contributed by atoms with van der Waals surface area (Å²) in [6.45, 7) is 5.32. The topological polar surface area (TPSA) is 41.5 Å². The number of aliphatic hydroxyl groups excluding tert-OH is 1. The van der Waals surface area contributed by atoms with Crippen molar-refractivity contribution in [2.75, 3.05) is 20.3 Å². The molecule has 3 nitrogen and oxygen atoms in total. The predicted octanol–water partition coefficient (Wildman–Crippen LogP) is 1.55. The Labute approximate surface area is 93.2 Å². The normalized spacial score (nSPS) is 30.4. The summed E-state index contributed by atoms with van der Waals surface area (Å²) in [7, 11) is 1.72. The molecule has 0 aromatic rings. The first kappa shape index (κ1) is 12.9. The first-order valence-corrected chi connectivity index (χ1v) is 5.97. The van der Waals surface area contributed by atoms with Crippen molar-refractivity contribution in [3.05, 3.63) is 0 Å². The maximum absolute atomic E-state index is 9.06. The third kappa shape index (κ3) is 4.09. The minimum Gasteiger partial charge on any atom is -0.396 e. The molecule has 0 aromatic heterocycles.